The normalized spacial score (nSPS) is 15.4. The zero-order valence-electron chi connectivity index (χ0n) is 12.5. The number of H-pyrrole nitrogens is 1. The fraction of sp³-hybridized carbons (Fsp3) is 0.0667. The Kier molecular flexibility index (Phi) is 3.53. The summed E-state index contributed by atoms with van der Waals surface area (Å²) in [5.74, 6) is -2.12. The van der Waals surface area contributed by atoms with Crippen molar-refractivity contribution in [3.63, 3.8) is 0 Å². The maximum atomic E-state index is 14.1. The molecule has 0 unspecified atom stereocenters. The molecule has 0 saturated carbocycles. The van der Waals surface area contributed by atoms with E-state index in [1.54, 1.807) is 0 Å². The van der Waals surface area contributed by atoms with Crippen LogP contribution in [-0.4, -0.2) is 19.7 Å². The van der Waals surface area contributed by atoms with Crippen LogP contribution in [0.3, 0.4) is 0 Å². The third-order valence-corrected chi connectivity index (χ3v) is 5.27. The van der Waals surface area contributed by atoms with Gasteiger partial charge in [0.05, 0.1) is 5.69 Å². The quantitative estimate of drug-likeness (QED) is 0.689. The van der Waals surface area contributed by atoms with E-state index in [-0.39, 0.29) is 4.90 Å². The minimum absolute atomic E-state index is 0.161. The summed E-state index contributed by atoms with van der Waals surface area (Å²) in [6.45, 7) is 0. The summed E-state index contributed by atoms with van der Waals surface area (Å²) in [5, 5.41) is 0.730. The van der Waals surface area contributed by atoms with Crippen molar-refractivity contribution in [2.45, 2.75) is 11.2 Å². The van der Waals surface area contributed by atoms with Crippen LogP contribution >= 0.6 is 11.6 Å². The van der Waals surface area contributed by atoms with Crippen LogP contribution in [0.2, 0.25) is 5.02 Å². The Hall–Kier alpha value is -2.59. The molecule has 0 amide bonds. The zero-order chi connectivity index (χ0) is 18.7. The van der Waals surface area contributed by atoms with E-state index in [9.17, 15) is 21.6 Å². The lowest BCUT2D eigenvalue weighted by Gasteiger charge is -2.09. The molecule has 1 aliphatic rings. The van der Waals surface area contributed by atoms with E-state index in [4.69, 9.17) is 11.6 Å². The number of rotatable bonds is 3. The summed E-state index contributed by atoms with van der Waals surface area (Å²) in [5.41, 5.74) is -0.1000. The Balaban J connectivity index is 1.73. The van der Waals surface area contributed by atoms with E-state index in [2.05, 4.69) is 14.5 Å². The molecule has 0 spiro atoms. The van der Waals surface area contributed by atoms with E-state index in [0.717, 1.165) is 6.07 Å². The molecular weight excluding hydrogens is 397 g/mol. The van der Waals surface area contributed by atoms with Crippen molar-refractivity contribution in [3.05, 3.63) is 47.4 Å². The van der Waals surface area contributed by atoms with Gasteiger partial charge in [-0.3, -0.25) is 4.72 Å². The summed E-state index contributed by atoms with van der Waals surface area (Å²) in [6.07, 6.45) is -2.73. The fourth-order valence-corrected chi connectivity index (χ4v) is 3.95. The lowest BCUT2D eigenvalue weighted by atomic mass is 10.2. The van der Waals surface area contributed by atoms with Crippen molar-refractivity contribution in [1.29, 1.82) is 0 Å². The standard InChI is InChI=1S/C15H8ClF3N2O4S/c16-7-1-2-8-10(3-7)20-6-14(8)26(22,23)21-11-5-13-12(4-9(11)17)24-15(18,19)25-13/h1-6,20-21H. The van der Waals surface area contributed by atoms with Gasteiger partial charge in [-0.2, -0.15) is 0 Å². The fourth-order valence-electron chi connectivity index (χ4n) is 2.54. The maximum Gasteiger partial charge on any atom is 0.586 e. The van der Waals surface area contributed by atoms with Gasteiger partial charge < -0.3 is 14.5 Å². The first kappa shape index (κ1) is 16.9. The zero-order valence-corrected chi connectivity index (χ0v) is 14.1. The average Bonchev–Trinajstić information content (AvgIpc) is 3.06. The van der Waals surface area contributed by atoms with Crippen molar-refractivity contribution in [1.82, 2.24) is 4.98 Å². The number of aromatic amines is 1. The minimum atomic E-state index is -4.23. The molecular formula is C15H8ClF3N2O4S. The SMILES string of the molecule is O=S(=O)(Nc1cc2c(cc1F)OC(F)(F)O2)c1c[nH]c2cc(Cl)ccc12. The van der Waals surface area contributed by atoms with Crippen molar-refractivity contribution in [3.8, 4) is 11.5 Å². The van der Waals surface area contributed by atoms with Crippen molar-refractivity contribution < 1.29 is 31.1 Å². The van der Waals surface area contributed by atoms with Crippen LogP contribution in [0.15, 0.2) is 41.4 Å². The Morgan fingerprint density at radius 1 is 1.12 bits per heavy atom. The van der Waals surface area contributed by atoms with Gasteiger partial charge >= 0.3 is 6.29 Å². The average molecular weight is 405 g/mol. The molecule has 136 valence electrons. The number of anilines is 1. The molecule has 26 heavy (non-hydrogen) atoms. The predicted octanol–water partition coefficient (Wildman–Crippen LogP) is 4.08. The number of nitrogens with one attached hydrogen (secondary N) is 2. The van der Waals surface area contributed by atoms with E-state index in [0.29, 0.717) is 22.0 Å². The number of sulfonamides is 1. The molecule has 4 rings (SSSR count). The van der Waals surface area contributed by atoms with Crippen LogP contribution in [0.4, 0.5) is 18.9 Å². The second kappa shape index (κ2) is 5.45. The van der Waals surface area contributed by atoms with Gasteiger partial charge in [0.25, 0.3) is 10.0 Å². The number of alkyl halides is 2. The molecule has 0 bridgehead atoms. The monoisotopic (exact) mass is 404 g/mol. The summed E-state index contributed by atoms with van der Waals surface area (Å²) < 4.78 is 75.7. The van der Waals surface area contributed by atoms with Crippen molar-refractivity contribution in [2.24, 2.45) is 0 Å². The number of hydrogen-bond acceptors (Lipinski definition) is 4. The Bertz CT molecular complexity index is 1150. The van der Waals surface area contributed by atoms with Gasteiger partial charge in [0.1, 0.15) is 4.90 Å². The number of fused-ring (bicyclic) bond motifs is 2. The van der Waals surface area contributed by atoms with E-state index < -0.39 is 39.3 Å². The molecule has 0 atom stereocenters. The second-order valence-electron chi connectivity index (χ2n) is 5.39. The van der Waals surface area contributed by atoms with Gasteiger partial charge in [-0.1, -0.05) is 11.6 Å². The first-order valence-corrected chi connectivity index (χ1v) is 8.90. The molecule has 0 radical (unpaired) electrons. The molecule has 6 nitrogen and oxygen atoms in total. The van der Waals surface area contributed by atoms with Gasteiger partial charge in [0.2, 0.25) is 0 Å². The van der Waals surface area contributed by atoms with Gasteiger partial charge in [0, 0.05) is 34.3 Å². The highest BCUT2D eigenvalue weighted by Crippen LogP contribution is 2.43. The molecule has 1 aliphatic heterocycles. The smallest absolute Gasteiger partial charge is 0.395 e. The van der Waals surface area contributed by atoms with Crippen LogP contribution < -0.4 is 14.2 Å². The van der Waals surface area contributed by atoms with E-state index in [1.165, 1.54) is 24.4 Å². The molecule has 2 aromatic carbocycles. The van der Waals surface area contributed by atoms with Crippen molar-refractivity contribution >= 4 is 38.2 Å². The lowest BCUT2D eigenvalue weighted by molar-refractivity contribution is -0.286. The van der Waals surface area contributed by atoms with Crippen LogP contribution in [0, 0.1) is 5.82 Å². The first-order valence-electron chi connectivity index (χ1n) is 7.03. The van der Waals surface area contributed by atoms with E-state index >= 15 is 0 Å². The summed E-state index contributed by atoms with van der Waals surface area (Å²) >= 11 is 5.85. The maximum absolute atomic E-state index is 14.1. The molecule has 3 aromatic rings. The number of aromatic nitrogens is 1. The van der Waals surface area contributed by atoms with Crippen LogP contribution in [0.1, 0.15) is 0 Å². The highest BCUT2D eigenvalue weighted by atomic mass is 35.5. The summed E-state index contributed by atoms with van der Waals surface area (Å²) in [6, 6.07) is 5.91. The molecule has 2 N–H and O–H groups in total. The lowest BCUT2D eigenvalue weighted by Crippen LogP contribution is -2.25. The molecule has 0 saturated heterocycles. The van der Waals surface area contributed by atoms with Crippen LogP contribution in [0.25, 0.3) is 10.9 Å². The third kappa shape index (κ3) is 2.80. The third-order valence-electron chi connectivity index (χ3n) is 3.63. The molecule has 2 heterocycles. The highest BCUT2D eigenvalue weighted by molar-refractivity contribution is 7.93. The number of hydrogen-bond donors (Lipinski definition) is 2. The summed E-state index contributed by atoms with van der Waals surface area (Å²) in [7, 11) is -4.23. The number of ether oxygens (including phenoxy) is 2. The van der Waals surface area contributed by atoms with Gasteiger partial charge in [-0.05, 0) is 18.2 Å². The van der Waals surface area contributed by atoms with E-state index in [1.807, 2.05) is 4.72 Å². The molecule has 0 fully saturated rings. The summed E-state index contributed by atoms with van der Waals surface area (Å²) in [4.78, 5) is 2.59. The second-order valence-corrected chi connectivity index (χ2v) is 7.48. The molecule has 1 aromatic heterocycles. The molecule has 0 aliphatic carbocycles. The first-order chi connectivity index (χ1) is 12.1. The highest BCUT2D eigenvalue weighted by Gasteiger charge is 2.44. The number of benzene rings is 2. The Morgan fingerprint density at radius 2 is 1.81 bits per heavy atom. The largest absolute Gasteiger partial charge is 0.586 e. The predicted molar refractivity (Wildman–Crippen MR) is 86.7 cm³/mol. The number of halogens is 4. The van der Waals surface area contributed by atoms with Gasteiger partial charge in [0.15, 0.2) is 17.3 Å². The topological polar surface area (TPSA) is 80.4 Å². The van der Waals surface area contributed by atoms with Crippen molar-refractivity contribution in [2.75, 3.05) is 4.72 Å². The van der Waals surface area contributed by atoms with Gasteiger partial charge in [-0.25, -0.2) is 12.8 Å². The molecule has 11 heteroatoms. The Morgan fingerprint density at radius 3 is 2.54 bits per heavy atom. The van der Waals surface area contributed by atoms with Gasteiger partial charge in [-0.15, -0.1) is 8.78 Å². The minimum Gasteiger partial charge on any atom is -0.395 e. The Labute approximate surface area is 149 Å². The van der Waals surface area contributed by atoms with Crippen LogP contribution in [-0.2, 0) is 10.0 Å². The van der Waals surface area contributed by atoms with Crippen LogP contribution in [0.5, 0.6) is 11.5 Å².